The van der Waals surface area contributed by atoms with Gasteiger partial charge in [-0.3, -0.25) is 0 Å². The first-order valence-electron chi connectivity index (χ1n) is 6.18. The Morgan fingerprint density at radius 3 is 2.36 bits per heavy atom. The number of rotatable bonds is 4. The minimum absolute atomic E-state index is 0.375. The molecule has 0 amide bonds. The summed E-state index contributed by atoms with van der Waals surface area (Å²) in [5.74, 6) is 1.44. The number of hydrogen-bond donors (Lipinski definition) is 2. The van der Waals surface area contributed by atoms with Crippen molar-refractivity contribution in [3.8, 4) is 0 Å². The van der Waals surface area contributed by atoms with Gasteiger partial charge in [-0.05, 0) is 37.5 Å². The molecule has 0 aromatic rings. The molecule has 2 heteroatoms. The van der Waals surface area contributed by atoms with Crippen LogP contribution in [0.1, 0.15) is 58.8 Å². The molecule has 0 spiro atoms. The van der Waals surface area contributed by atoms with Gasteiger partial charge in [-0.2, -0.15) is 0 Å². The summed E-state index contributed by atoms with van der Waals surface area (Å²) in [6.07, 6.45) is 8.58. The molecule has 1 rings (SSSR count). The first kappa shape index (κ1) is 12.0. The van der Waals surface area contributed by atoms with E-state index in [-0.39, 0.29) is 5.66 Å². The van der Waals surface area contributed by atoms with Gasteiger partial charge in [0.2, 0.25) is 0 Å². The molecule has 0 heterocycles. The lowest BCUT2D eigenvalue weighted by atomic mass is 9.71. The lowest BCUT2D eigenvalue weighted by molar-refractivity contribution is 0.133. The van der Waals surface area contributed by atoms with E-state index in [0.29, 0.717) is 5.92 Å². The summed E-state index contributed by atoms with van der Waals surface area (Å²) in [6, 6.07) is 0. The zero-order valence-electron chi connectivity index (χ0n) is 9.76. The quantitative estimate of drug-likeness (QED) is 0.682. The molecule has 4 N–H and O–H groups in total. The van der Waals surface area contributed by atoms with Crippen LogP contribution in [0, 0.1) is 11.8 Å². The molecule has 2 atom stereocenters. The maximum Gasteiger partial charge on any atom is 0.0665 e. The van der Waals surface area contributed by atoms with E-state index < -0.39 is 0 Å². The van der Waals surface area contributed by atoms with Crippen molar-refractivity contribution in [1.82, 2.24) is 0 Å². The van der Waals surface area contributed by atoms with Crippen molar-refractivity contribution in [2.45, 2.75) is 64.5 Å². The van der Waals surface area contributed by atoms with Gasteiger partial charge in [0.05, 0.1) is 5.66 Å². The summed E-state index contributed by atoms with van der Waals surface area (Å²) in [7, 11) is 0. The van der Waals surface area contributed by atoms with Crippen molar-refractivity contribution in [2.75, 3.05) is 0 Å². The van der Waals surface area contributed by atoms with Crippen molar-refractivity contribution in [3.63, 3.8) is 0 Å². The van der Waals surface area contributed by atoms with Crippen LogP contribution in [-0.4, -0.2) is 5.66 Å². The zero-order valence-corrected chi connectivity index (χ0v) is 9.76. The Kier molecular flexibility index (Phi) is 4.39. The van der Waals surface area contributed by atoms with Crippen LogP contribution < -0.4 is 11.5 Å². The highest BCUT2D eigenvalue weighted by Crippen LogP contribution is 2.37. The molecular formula is C12H26N2. The lowest BCUT2D eigenvalue weighted by Crippen LogP contribution is -2.58. The molecule has 1 saturated carbocycles. The molecule has 2 unspecified atom stereocenters. The summed E-state index contributed by atoms with van der Waals surface area (Å²) >= 11 is 0. The van der Waals surface area contributed by atoms with E-state index in [1.54, 1.807) is 0 Å². The van der Waals surface area contributed by atoms with E-state index in [4.69, 9.17) is 11.5 Å². The topological polar surface area (TPSA) is 52.0 Å². The van der Waals surface area contributed by atoms with Crippen LogP contribution in [0.5, 0.6) is 0 Å². The summed E-state index contributed by atoms with van der Waals surface area (Å²) in [5, 5.41) is 0. The van der Waals surface area contributed by atoms with Crippen LogP contribution >= 0.6 is 0 Å². The summed E-state index contributed by atoms with van der Waals surface area (Å²) < 4.78 is 0. The van der Waals surface area contributed by atoms with Gasteiger partial charge in [0.25, 0.3) is 0 Å². The zero-order chi connectivity index (χ0) is 10.6. The highest BCUT2D eigenvalue weighted by atomic mass is 15.0. The van der Waals surface area contributed by atoms with E-state index in [2.05, 4.69) is 13.8 Å². The van der Waals surface area contributed by atoms with Crippen molar-refractivity contribution in [1.29, 1.82) is 0 Å². The molecule has 1 aliphatic carbocycles. The predicted octanol–water partition coefficient (Wildman–Crippen LogP) is 2.62. The van der Waals surface area contributed by atoms with Gasteiger partial charge in [0, 0.05) is 0 Å². The average Bonchev–Trinajstić information content (AvgIpc) is 2.12. The minimum Gasteiger partial charge on any atom is -0.313 e. The molecule has 14 heavy (non-hydrogen) atoms. The Hall–Kier alpha value is -0.0800. The van der Waals surface area contributed by atoms with Crippen LogP contribution in [-0.2, 0) is 0 Å². The largest absolute Gasteiger partial charge is 0.313 e. The van der Waals surface area contributed by atoms with Crippen LogP contribution in [0.2, 0.25) is 0 Å². The Labute approximate surface area is 88.4 Å². The summed E-state index contributed by atoms with van der Waals surface area (Å²) in [6.45, 7) is 4.49. The third-order valence-electron chi connectivity index (χ3n) is 3.70. The Morgan fingerprint density at radius 1 is 1.14 bits per heavy atom. The second-order valence-electron chi connectivity index (χ2n) is 5.03. The number of hydrogen-bond acceptors (Lipinski definition) is 2. The monoisotopic (exact) mass is 198 g/mol. The molecule has 2 nitrogen and oxygen atoms in total. The van der Waals surface area contributed by atoms with E-state index in [0.717, 1.165) is 12.3 Å². The fraction of sp³-hybridized carbons (Fsp3) is 1.00. The van der Waals surface area contributed by atoms with E-state index >= 15 is 0 Å². The van der Waals surface area contributed by atoms with Crippen LogP contribution in [0.15, 0.2) is 0 Å². The van der Waals surface area contributed by atoms with Crippen molar-refractivity contribution in [2.24, 2.45) is 23.3 Å². The standard InChI is InChI=1S/C12H26N2/c1-3-5-10-7-8-12(13,14)11(9-10)6-4-2/h10-11H,3-9,13-14H2,1-2H3. The van der Waals surface area contributed by atoms with Gasteiger partial charge < -0.3 is 11.5 Å². The maximum atomic E-state index is 6.14. The van der Waals surface area contributed by atoms with Crippen LogP contribution in [0.4, 0.5) is 0 Å². The van der Waals surface area contributed by atoms with Crippen molar-refractivity contribution >= 4 is 0 Å². The molecule has 0 radical (unpaired) electrons. The van der Waals surface area contributed by atoms with Gasteiger partial charge in [-0.25, -0.2) is 0 Å². The highest BCUT2D eigenvalue weighted by molar-refractivity contribution is 4.91. The second kappa shape index (κ2) is 5.13. The molecule has 0 saturated heterocycles. The first-order chi connectivity index (χ1) is 6.60. The smallest absolute Gasteiger partial charge is 0.0665 e. The highest BCUT2D eigenvalue weighted by Gasteiger charge is 2.36. The SMILES string of the molecule is CCCC1CCC(N)(N)C(CCC)C1. The molecule has 0 aromatic carbocycles. The van der Waals surface area contributed by atoms with E-state index in [9.17, 15) is 0 Å². The van der Waals surface area contributed by atoms with E-state index in [1.807, 2.05) is 0 Å². The molecule has 84 valence electrons. The van der Waals surface area contributed by atoms with Crippen LogP contribution in [0.25, 0.3) is 0 Å². The van der Waals surface area contributed by atoms with Gasteiger partial charge in [0.15, 0.2) is 0 Å². The Morgan fingerprint density at radius 2 is 1.79 bits per heavy atom. The fourth-order valence-corrected chi connectivity index (χ4v) is 2.80. The maximum absolute atomic E-state index is 6.14. The summed E-state index contributed by atoms with van der Waals surface area (Å²) in [4.78, 5) is 0. The lowest BCUT2D eigenvalue weighted by Gasteiger charge is -2.41. The predicted molar refractivity (Wildman–Crippen MR) is 61.8 cm³/mol. The average molecular weight is 198 g/mol. The molecule has 1 aliphatic rings. The van der Waals surface area contributed by atoms with Crippen LogP contribution in [0.3, 0.4) is 0 Å². The number of nitrogens with two attached hydrogens (primary N) is 2. The summed E-state index contributed by atoms with van der Waals surface area (Å²) in [5.41, 5.74) is 11.9. The fourth-order valence-electron chi connectivity index (χ4n) is 2.80. The molecular weight excluding hydrogens is 172 g/mol. The first-order valence-corrected chi connectivity index (χ1v) is 6.18. The third kappa shape index (κ3) is 2.96. The van der Waals surface area contributed by atoms with E-state index in [1.165, 1.54) is 38.5 Å². The molecule has 0 aliphatic heterocycles. The van der Waals surface area contributed by atoms with Gasteiger partial charge in [-0.15, -0.1) is 0 Å². The minimum atomic E-state index is -0.375. The third-order valence-corrected chi connectivity index (χ3v) is 3.70. The van der Waals surface area contributed by atoms with Gasteiger partial charge >= 0.3 is 0 Å². The normalized spacial score (nSPS) is 31.7. The molecule has 1 fully saturated rings. The Balaban J connectivity index is 2.49. The van der Waals surface area contributed by atoms with Crippen molar-refractivity contribution < 1.29 is 0 Å². The Bertz CT molecular complexity index is 166. The van der Waals surface area contributed by atoms with Gasteiger partial charge in [-0.1, -0.05) is 33.1 Å². The van der Waals surface area contributed by atoms with Crippen molar-refractivity contribution in [3.05, 3.63) is 0 Å². The molecule has 0 bridgehead atoms. The second-order valence-corrected chi connectivity index (χ2v) is 5.03. The molecule has 0 aromatic heterocycles. The van der Waals surface area contributed by atoms with Gasteiger partial charge in [0.1, 0.15) is 0 Å².